The second-order valence-electron chi connectivity index (χ2n) is 19.9. The summed E-state index contributed by atoms with van der Waals surface area (Å²) in [6, 6.07) is -0.855. The van der Waals surface area contributed by atoms with E-state index in [1.807, 2.05) is 32.9 Å². The van der Waals surface area contributed by atoms with Gasteiger partial charge in [-0.1, -0.05) is 13.8 Å². The molecule has 1 aliphatic carbocycles. The molecule has 5 heterocycles. The van der Waals surface area contributed by atoms with Crippen LogP contribution in [-0.2, 0) is 44.4 Å². The number of carbonyl (C=O) groups excluding carboxylic acids is 1. The van der Waals surface area contributed by atoms with Gasteiger partial charge in [0.1, 0.15) is 36.6 Å². The van der Waals surface area contributed by atoms with E-state index in [-0.39, 0.29) is 108 Å². The van der Waals surface area contributed by atoms with E-state index >= 15 is 0 Å². The Kier molecular flexibility index (Phi) is 23.1. The average Bonchev–Trinajstić information content (AvgIpc) is 4.16. The van der Waals surface area contributed by atoms with E-state index in [0.29, 0.717) is 35.7 Å². The average molecular weight is 1060 g/mol. The third-order valence-corrected chi connectivity index (χ3v) is 14.2. The van der Waals surface area contributed by atoms with Crippen molar-refractivity contribution >= 4 is 35.3 Å². The first kappa shape index (κ1) is 59.9. The minimum Gasteiger partial charge on any atom is -0.481 e. The maximum absolute atomic E-state index is 13.8. The molecule has 0 amide bonds. The summed E-state index contributed by atoms with van der Waals surface area (Å²) in [7, 11) is 0. The lowest BCUT2D eigenvalue weighted by atomic mass is 9.83. The van der Waals surface area contributed by atoms with Gasteiger partial charge in [-0.25, -0.2) is 4.99 Å². The summed E-state index contributed by atoms with van der Waals surface area (Å²) in [5.74, 6) is -1.62. The van der Waals surface area contributed by atoms with Crippen LogP contribution >= 0.6 is 0 Å². The van der Waals surface area contributed by atoms with Gasteiger partial charge in [0.2, 0.25) is 0 Å². The number of Topliss-reactive ketones (excluding diaryl/α,β-unsaturated/α-hetero) is 1. The zero-order valence-electron chi connectivity index (χ0n) is 43.7. The minimum absolute atomic E-state index is 0.00108. The van der Waals surface area contributed by atoms with E-state index in [4.69, 9.17) is 38.4 Å². The molecule has 22 heteroatoms. The van der Waals surface area contributed by atoms with Gasteiger partial charge in [0.05, 0.1) is 122 Å². The van der Waals surface area contributed by atoms with Crippen molar-refractivity contribution in [2.24, 2.45) is 27.7 Å². The smallest absolute Gasteiger partial charge is 0.303 e. The van der Waals surface area contributed by atoms with Crippen LogP contribution in [0.5, 0.6) is 0 Å². The summed E-state index contributed by atoms with van der Waals surface area (Å²) in [6.07, 6.45) is 1.28. The number of fused-ring (bicyclic) bond motifs is 6. The molecule has 5 aliphatic rings. The number of aliphatic hydroxyl groups excluding tert-OH is 8. The molecule has 0 saturated heterocycles. The number of aliphatic imine (C=N–C) groups is 2. The van der Waals surface area contributed by atoms with Crippen LogP contribution in [-0.4, -0.2) is 222 Å². The fourth-order valence-corrected chi connectivity index (χ4v) is 9.85. The van der Waals surface area contributed by atoms with Crippen molar-refractivity contribution in [3.8, 4) is 0 Å². The number of aromatic amines is 1. The summed E-state index contributed by atoms with van der Waals surface area (Å²) < 4.78 is 35.4. The molecule has 1 aromatic rings. The highest BCUT2D eigenvalue weighted by molar-refractivity contribution is 6.30. The Morgan fingerprint density at radius 2 is 1.31 bits per heavy atom. The molecule has 0 fully saturated rings. The van der Waals surface area contributed by atoms with Crippen molar-refractivity contribution in [3.63, 3.8) is 0 Å². The van der Waals surface area contributed by atoms with E-state index in [1.54, 1.807) is 0 Å². The first-order chi connectivity index (χ1) is 36.0. The molecule has 0 radical (unpaired) electrons. The number of H-pyrrole nitrogens is 1. The highest BCUT2D eigenvalue weighted by atomic mass is 16.6. The van der Waals surface area contributed by atoms with Crippen molar-refractivity contribution in [2.45, 2.75) is 109 Å². The van der Waals surface area contributed by atoms with Gasteiger partial charge in [-0.05, 0) is 74.1 Å². The zero-order valence-corrected chi connectivity index (χ0v) is 43.7. The number of hydrogen-bond donors (Lipinski definition) is 12. The van der Waals surface area contributed by atoms with Crippen molar-refractivity contribution in [2.75, 3.05) is 99.0 Å². The highest BCUT2D eigenvalue weighted by Crippen LogP contribution is 2.45. The Bertz CT molecular complexity index is 2370. The number of ether oxygens (including phenoxy) is 6. The number of aromatic nitrogens is 1. The number of allylic oxidation sites excluding steroid dienone is 5. The van der Waals surface area contributed by atoms with Gasteiger partial charge in [-0.2, -0.15) is 0 Å². The first-order valence-electron chi connectivity index (χ1n) is 25.9. The van der Waals surface area contributed by atoms with Crippen molar-refractivity contribution in [1.82, 2.24) is 15.6 Å². The van der Waals surface area contributed by atoms with E-state index in [2.05, 4.69) is 35.5 Å². The Hall–Kier alpha value is -4.34. The van der Waals surface area contributed by atoms with Gasteiger partial charge >= 0.3 is 5.97 Å². The van der Waals surface area contributed by atoms with Gasteiger partial charge < -0.3 is 90.0 Å². The summed E-state index contributed by atoms with van der Waals surface area (Å²) in [5, 5.41) is 96.4. The predicted octanol–water partition coefficient (Wildman–Crippen LogP) is -2.02. The monoisotopic (exact) mass is 1060 g/mol. The maximum Gasteiger partial charge on any atom is 0.303 e. The molecule has 12 N–H and O–H groups in total. The molecule has 0 spiro atoms. The zero-order chi connectivity index (χ0) is 54.3. The second-order valence-corrected chi connectivity index (χ2v) is 19.9. The normalized spacial score (nSPS) is 24.3. The van der Waals surface area contributed by atoms with E-state index in [1.165, 1.54) is 0 Å². The molecular formula is C53H79N5O17. The molecule has 0 saturated carbocycles. The van der Waals surface area contributed by atoms with Crippen LogP contribution < -0.4 is 21.3 Å². The molecule has 8 bridgehead atoms. The minimum atomic E-state index is -1.13. The fraction of sp³-hybridized carbons (Fsp3) is 0.660. The van der Waals surface area contributed by atoms with Crippen LogP contribution in [0.3, 0.4) is 0 Å². The summed E-state index contributed by atoms with van der Waals surface area (Å²) in [6.45, 7) is 7.46. The van der Waals surface area contributed by atoms with Crippen molar-refractivity contribution < 1.29 is 84.0 Å². The quantitative estimate of drug-likeness (QED) is 0.0362. The molecule has 1 aromatic heterocycles. The van der Waals surface area contributed by atoms with Crippen LogP contribution in [0.25, 0.3) is 12.2 Å². The largest absolute Gasteiger partial charge is 0.481 e. The molecular weight excluding hydrogens is 979 g/mol. The molecule has 0 aromatic carbocycles. The summed E-state index contributed by atoms with van der Waals surface area (Å²) in [4.78, 5) is 39.8. The Balaban J connectivity index is 1.37. The number of rotatable bonds is 33. The standard InChI is InChI=1S/C53H79N5O17/c1-6-39-28(2)44-11-48-42(30(4)43(56-48)10-45-29(3)40(7-8-50(68)69)52(57-45)41-9-49(67)51-31(5)46(58-53(41)51)12-47(39)55-44)13-54-32(18-74-37(24-70-20-33(63)14-59)25-71-21-34(64)15-60)19-75-38(26-72-22-35(65)16-61)27-73-23-36(66)17-62/h10-12,29,32-38,40,42,48,54-56,59-66H,6-9,13-27H2,1-5H3,(H,68,69)/b44-11-,45-10-,47-12?/t29-,32?,33?,34?,35?,36?,37?,38?,40?,42?,48?/m0/s1. The number of ketones is 1. The number of aliphatic hydroxyl groups is 8. The molecule has 4 aliphatic heterocycles. The molecule has 418 valence electrons. The summed E-state index contributed by atoms with van der Waals surface area (Å²) >= 11 is 0. The molecule has 22 nitrogen and oxygen atoms in total. The number of nitrogens with zero attached hydrogens (tertiary/aromatic N) is 2. The number of aliphatic carboxylic acids is 1. The van der Waals surface area contributed by atoms with Crippen LogP contribution in [0.4, 0.5) is 0 Å². The molecule has 7 unspecified atom stereocenters. The lowest BCUT2D eigenvalue weighted by Crippen LogP contribution is -2.46. The Labute approximate surface area is 436 Å². The van der Waals surface area contributed by atoms with Crippen molar-refractivity contribution in [3.05, 3.63) is 67.3 Å². The van der Waals surface area contributed by atoms with Gasteiger partial charge in [0, 0.05) is 70.4 Å². The Morgan fingerprint density at radius 3 is 1.81 bits per heavy atom. The van der Waals surface area contributed by atoms with Gasteiger partial charge in [0.25, 0.3) is 0 Å². The van der Waals surface area contributed by atoms with E-state index in [9.17, 15) is 55.5 Å². The second kappa shape index (κ2) is 28.9. The molecule has 8 atom stereocenters. The summed E-state index contributed by atoms with van der Waals surface area (Å²) in [5.41, 5.74) is 8.84. The van der Waals surface area contributed by atoms with Crippen LogP contribution in [0.1, 0.15) is 58.1 Å². The topological polar surface area (TPSA) is 336 Å². The number of carbonyl (C=O) groups is 2. The molecule has 6 rings (SSSR count). The first-order valence-corrected chi connectivity index (χ1v) is 25.9. The predicted molar refractivity (Wildman–Crippen MR) is 275 cm³/mol. The fourth-order valence-electron chi connectivity index (χ4n) is 9.85. The SMILES string of the molecule is CCc1c(C)/c2[nH]c1=CC1=NC3=C(CC(=O)C3=C1C)C1=N/C(=C\C3=C(C)C(CNC(COC(COCC(O)CO)COCC(O)CO)COC(COCC(O)CO)COCC(O)CO)C(\C=2)N3)[C@@H](C)C1CCC(=O)O. The third kappa shape index (κ3) is 15.9. The third-order valence-electron chi connectivity index (χ3n) is 14.2. The van der Waals surface area contributed by atoms with Gasteiger partial charge in [0.15, 0.2) is 5.78 Å². The van der Waals surface area contributed by atoms with Crippen molar-refractivity contribution in [1.29, 1.82) is 0 Å². The van der Waals surface area contributed by atoms with E-state index < -0.39 is 75.1 Å². The van der Waals surface area contributed by atoms with E-state index in [0.717, 1.165) is 56.4 Å². The number of carboxylic acid groups (broad SMARTS) is 1. The molecule has 75 heavy (non-hydrogen) atoms. The highest BCUT2D eigenvalue weighted by Gasteiger charge is 2.43. The lowest BCUT2D eigenvalue weighted by Gasteiger charge is -2.28. The number of carboxylic acids is 1. The van der Waals surface area contributed by atoms with Crippen LogP contribution in [0.2, 0.25) is 0 Å². The van der Waals surface area contributed by atoms with Gasteiger partial charge in [-0.15, -0.1) is 0 Å². The number of nitrogens with one attached hydrogen (secondary N) is 3. The van der Waals surface area contributed by atoms with Gasteiger partial charge in [-0.3, -0.25) is 14.6 Å². The maximum atomic E-state index is 13.8. The number of hydrogen-bond acceptors (Lipinski definition) is 20. The lowest BCUT2D eigenvalue weighted by molar-refractivity contribution is -0.137. The Morgan fingerprint density at radius 1 is 0.760 bits per heavy atom. The van der Waals surface area contributed by atoms with Crippen LogP contribution in [0, 0.1) is 24.7 Å². The van der Waals surface area contributed by atoms with Crippen LogP contribution in [0.15, 0.2) is 55.4 Å².